The van der Waals surface area contributed by atoms with Crippen molar-refractivity contribution < 1.29 is 27.1 Å². The number of rotatable bonds is 2. The first-order valence-electron chi connectivity index (χ1n) is 5.70. The smallest absolute Gasteiger partial charge is 0.383 e. The van der Waals surface area contributed by atoms with Crippen LogP contribution in [-0.2, 0) is 6.18 Å². The second-order valence-electron chi connectivity index (χ2n) is 4.30. The largest absolute Gasteiger partial charge is 0.416 e. The number of halogens is 6. The van der Waals surface area contributed by atoms with E-state index < -0.39 is 35.0 Å². The molecule has 2 aromatic carbocycles. The number of aliphatic hydroxyl groups excluding tert-OH is 1. The molecule has 7 heteroatoms. The quantitative estimate of drug-likeness (QED) is 0.755. The first-order chi connectivity index (χ1) is 9.70. The summed E-state index contributed by atoms with van der Waals surface area (Å²) in [7, 11) is 0. The molecule has 1 nitrogen and oxygen atoms in total. The molecule has 0 bridgehead atoms. The molecule has 0 aliphatic heterocycles. The Hall–Kier alpha value is -1.47. The molecule has 21 heavy (non-hydrogen) atoms. The van der Waals surface area contributed by atoms with Crippen molar-refractivity contribution in [3.05, 3.63) is 69.2 Å². The van der Waals surface area contributed by atoms with Gasteiger partial charge < -0.3 is 5.11 Å². The molecule has 0 spiro atoms. The second-order valence-corrected chi connectivity index (χ2v) is 5.22. The Morgan fingerprint density at radius 3 is 2.00 bits per heavy atom. The molecule has 2 aromatic rings. The van der Waals surface area contributed by atoms with Crippen LogP contribution in [0.25, 0.3) is 0 Å². The minimum Gasteiger partial charge on any atom is -0.383 e. The summed E-state index contributed by atoms with van der Waals surface area (Å²) in [6.45, 7) is 0. The van der Waals surface area contributed by atoms with Gasteiger partial charge in [0.1, 0.15) is 17.7 Å². The molecule has 2 rings (SSSR count). The number of hydrogen-bond donors (Lipinski definition) is 1. The Labute approximate surface area is 125 Å². The van der Waals surface area contributed by atoms with E-state index in [2.05, 4.69) is 15.9 Å². The van der Waals surface area contributed by atoms with Gasteiger partial charge in [0.2, 0.25) is 0 Å². The summed E-state index contributed by atoms with van der Waals surface area (Å²) < 4.78 is 65.6. The van der Waals surface area contributed by atoms with Gasteiger partial charge in [-0.2, -0.15) is 13.2 Å². The molecule has 0 fully saturated rings. The van der Waals surface area contributed by atoms with E-state index >= 15 is 0 Å². The highest BCUT2D eigenvalue weighted by molar-refractivity contribution is 9.10. The fourth-order valence-electron chi connectivity index (χ4n) is 1.82. The zero-order chi connectivity index (χ0) is 15.8. The highest BCUT2D eigenvalue weighted by atomic mass is 79.9. The third-order valence-corrected chi connectivity index (χ3v) is 3.36. The summed E-state index contributed by atoms with van der Waals surface area (Å²) in [6.07, 6.45) is -6.53. The molecule has 0 aromatic heterocycles. The Bertz CT molecular complexity index is 669. The molecule has 0 saturated heterocycles. The van der Waals surface area contributed by atoms with Crippen LogP contribution in [-0.4, -0.2) is 5.11 Å². The summed E-state index contributed by atoms with van der Waals surface area (Å²) in [6, 6.07) is 5.18. The maximum Gasteiger partial charge on any atom is 0.416 e. The topological polar surface area (TPSA) is 20.2 Å². The highest BCUT2D eigenvalue weighted by Crippen LogP contribution is 2.34. The number of benzene rings is 2. The molecular formula is C14H8BrF5O. The molecule has 1 N–H and O–H groups in total. The molecule has 1 atom stereocenters. The third-order valence-electron chi connectivity index (χ3n) is 2.87. The van der Waals surface area contributed by atoms with Gasteiger partial charge in [-0.1, -0.05) is 15.9 Å². The molecule has 0 aliphatic rings. The van der Waals surface area contributed by atoms with Crippen LogP contribution in [0, 0.1) is 11.6 Å². The predicted molar refractivity (Wildman–Crippen MR) is 69.6 cm³/mol. The van der Waals surface area contributed by atoms with Crippen molar-refractivity contribution in [3.63, 3.8) is 0 Å². The van der Waals surface area contributed by atoms with Crippen molar-refractivity contribution in [2.75, 3.05) is 0 Å². The van der Waals surface area contributed by atoms with Crippen LogP contribution < -0.4 is 0 Å². The number of alkyl halides is 3. The Balaban J connectivity index is 2.52. The summed E-state index contributed by atoms with van der Waals surface area (Å²) >= 11 is 3.05. The van der Waals surface area contributed by atoms with Crippen LogP contribution in [0.2, 0.25) is 0 Å². The maximum absolute atomic E-state index is 13.7. The molecule has 1 unspecified atom stereocenters. The van der Waals surface area contributed by atoms with Crippen molar-refractivity contribution >= 4 is 15.9 Å². The number of aliphatic hydroxyl groups is 1. The van der Waals surface area contributed by atoms with E-state index in [1.165, 1.54) is 12.1 Å². The third kappa shape index (κ3) is 3.41. The standard InChI is InChI=1S/C14H8BrF5O/c15-8-2-4-12(17)10(6-8)13(21)9-5-7(14(18,19)20)1-3-11(9)16/h1-6,13,21H. The van der Waals surface area contributed by atoms with E-state index in [1.54, 1.807) is 0 Å². The predicted octanol–water partition coefficient (Wildman–Crippen LogP) is 4.83. The SMILES string of the molecule is OC(c1cc(Br)ccc1F)c1cc(C(F)(F)F)ccc1F. The van der Waals surface area contributed by atoms with Gasteiger partial charge in [-0.25, -0.2) is 8.78 Å². The van der Waals surface area contributed by atoms with Crippen LogP contribution in [0.1, 0.15) is 22.8 Å². The van der Waals surface area contributed by atoms with E-state index in [0.717, 1.165) is 6.07 Å². The van der Waals surface area contributed by atoms with Crippen LogP contribution in [0.5, 0.6) is 0 Å². The monoisotopic (exact) mass is 366 g/mol. The second kappa shape index (κ2) is 5.73. The van der Waals surface area contributed by atoms with Crippen LogP contribution >= 0.6 is 15.9 Å². The molecule has 0 radical (unpaired) electrons. The Morgan fingerprint density at radius 1 is 0.905 bits per heavy atom. The van der Waals surface area contributed by atoms with Gasteiger partial charge in [0.25, 0.3) is 0 Å². The number of hydrogen-bond acceptors (Lipinski definition) is 1. The summed E-state index contributed by atoms with van der Waals surface area (Å²) in [5, 5.41) is 10.00. The van der Waals surface area contributed by atoms with Crippen molar-refractivity contribution in [3.8, 4) is 0 Å². The Morgan fingerprint density at radius 2 is 1.43 bits per heavy atom. The molecule has 0 heterocycles. The lowest BCUT2D eigenvalue weighted by molar-refractivity contribution is -0.137. The summed E-state index contributed by atoms with van der Waals surface area (Å²) in [5.74, 6) is -1.89. The summed E-state index contributed by atoms with van der Waals surface area (Å²) in [4.78, 5) is 0. The fraction of sp³-hybridized carbons (Fsp3) is 0.143. The fourth-order valence-corrected chi connectivity index (χ4v) is 2.20. The van der Waals surface area contributed by atoms with Crippen molar-refractivity contribution in [1.29, 1.82) is 0 Å². The van der Waals surface area contributed by atoms with E-state index in [0.29, 0.717) is 22.7 Å². The zero-order valence-corrected chi connectivity index (χ0v) is 11.8. The van der Waals surface area contributed by atoms with Gasteiger partial charge in [0.05, 0.1) is 5.56 Å². The minimum absolute atomic E-state index is 0.317. The molecule has 112 valence electrons. The lowest BCUT2D eigenvalue weighted by atomic mass is 9.98. The van der Waals surface area contributed by atoms with Gasteiger partial charge in [-0.05, 0) is 36.4 Å². The van der Waals surface area contributed by atoms with Crippen molar-refractivity contribution in [2.45, 2.75) is 12.3 Å². The van der Waals surface area contributed by atoms with E-state index in [-0.39, 0.29) is 5.56 Å². The van der Waals surface area contributed by atoms with Crippen LogP contribution in [0.15, 0.2) is 40.9 Å². The van der Waals surface area contributed by atoms with E-state index in [4.69, 9.17) is 0 Å². The van der Waals surface area contributed by atoms with Gasteiger partial charge in [-0.15, -0.1) is 0 Å². The maximum atomic E-state index is 13.7. The lowest BCUT2D eigenvalue weighted by Gasteiger charge is -2.16. The van der Waals surface area contributed by atoms with Gasteiger partial charge in [-0.3, -0.25) is 0 Å². The molecule has 0 amide bonds. The average Bonchev–Trinajstić information content (AvgIpc) is 2.40. The van der Waals surface area contributed by atoms with Gasteiger partial charge in [0, 0.05) is 15.6 Å². The van der Waals surface area contributed by atoms with Crippen LogP contribution in [0.4, 0.5) is 22.0 Å². The van der Waals surface area contributed by atoms with Crippen molar-refractivity contribution in [2.24, 2.45) is 0 Å². The molecular weight excluding hydrogens is 359 g/mol. The van der Waals surface area contributed by atoms with E-state index in [9.17, 15) is 27.1 Å². The Kier molecular flexibility index (Phi) is 4.34. The molecule has 0 aliphatic carbocycles. The van der Waals surface area contributed by atoms with Gasteiger partial charge in [0.15, 0.2) is 0 Å². The normalized spacial score (nSPS) is 13.3. The van der Waals surface area contributed by atoms with Crippen molar-refractivity contribution in [1.82, 2.24) is 0 Å². The first kappa shape index (κ1) is 15.9. The average molecular weight is 367 g/mol. The summed E-state index contributed by atoms with van der Waals surface area (Å²) in [5.41, 5.74) is -2.07. The minimum atomic E-state index is -4.68. The molecule has 0 saturated carbocycles. The van der Waals surface area contributed by atoms with Crippen LogP contribution in [0.3, 0.4) is 0 Å². The van der Waals surface area contributed by atoms with E-state index in [1.807, 2.05) is 0 Å². The highest BCUT2D eigenvalue weighted by Gasteiger charge is 2.32. The zero-order valence-electron chi connectivity index (χ0n) is 10.3. The first-order valence-corrected chi connectivity index (χ1v) is 6.49. The lowest BCUT2D eigenvalue weighted by Crippen LogP contribution is -2.10. The van der Waals surface area contributed by atoms with Gasteiger partial charge >= 0.3 is 6.18 Å².